The van der Waals surface area contributed by atoms with Gasteiger partial charge in [-0.1, -0.05) is 54.6 Å². The Morgan fingerprint density at radius 1 is 1.04 bits per heavy atom. The summed E-state index contributed by atoms with van der Waals surface area (Å²) in [7, 11) is 1.63. The number of methoxy groups -OCH3 is 1. The van der Waals surface area contributed by atoms with E-state index in [1.807, 2.05) is 54.6 Å². The van der Waals surface area contributed by atoms with Gasteiger partial charge < -0.3 is 20.5 Å². The lowest BCUT2D eigenvalue weighted by Crippen LogP contribution is -2.43. The van der Waals surface area contributed by atoms with E-state index in [0.29, 0.717) is 26.0 Å². The van der Waals surface area contributed by atoms with Gasteiger partial charge in [-0.2, -0.15) is 0 Å². The molecule has 2 aromatic carbocycles. The fourth-order valence-corrected chi connectivity index (χ4v) is 2.86. The molecule has 0 aliphatic carbocycles. The Kier molecular flexibility index (Phi) is 8.32. The van der Waals surface area contributed by atoms with Gasteiger partial charge in [0.15, 0.2) is 0 Å². The molecule has 0 aromatic heterocycles. The summed E-state index contributed by atoms with van der Waals surface area (Å²) in [5.41, 5.74) is 3.06. The molecule has 0 radical (unpaired) electrons. The second-order valence-corrected chi connectivity index (χ2v) is 6.35. The van der Waals surface area contributed by atoms with Crippen molar-refractivity contribution in [3.8, 4) is 0 Å². The van der Waals surface area contributed by atoms with Crippen LogP contribution in [0.2, 0.25) is 0 Å². The van der Waals surface area contributed by atoms with E-state index in [1.165, 1.54) is 0 Å². The third kappa shape index (κ3) is 7.50. The quantitative estimate of drug-likeness (QED) is 0.600. The summed E-state index contributed by atoms with van der Waals surface area (Å²) in [6, 6.07) is 16.9. The molecular formula is C21H26N2O4. The second-order valence-electron chi connectivity index (χ2n) is 6.35. The highest BCUT2D eigenvalue weighted by Crippen LogP contribution is 2.10. The van der Waals surface area contributed by atoms with Crippen molar-refractivity contribution in [3.05, 3.63) is 71.3 Å². The molecule has 0 saturated heterocycles. The first-order valence-corrected chi connectivity index (χ1v) is 8.94. The van der Waals surface area contributed by atoms with Crippen molar-refractivity contribution < 1.29 is 19.4 Å². The first-order chi connectivity index (χ1) is 13.1. The average Bonchev–Trinajstić information content (AvgIpc) is 2.66. The van der Waals surface area contributed by atoms with Gasteiger partial charge in [0.1, 0.15) is 0 Å². The van der Waals surface area contributed by atoms with E-state index in [-0.39, 0.29) is 18.5 Å². The van der Waals surface area contributed by atoms with Crippen LogP contribution in [0, 0.1) is 0 Å². The van der Waals surface area contributed by atoms with Crippen molar-refractivity contribution in [2.75, 3.05) is 7.11 Å². The molecule has 1 unspecified atom stereocenters. The molecule has 6 nitrogen and oxygen atoms in total. The van der Waals surface area contributed by atoms with E-state index < -0.39 is 5.97 Å². The topological polar surface area (TPSA) is 87.7 Å². The number of hydrogen-bond donors (Lipinski definition) is 3. The van der Waals surface area contributed by atoms with Crippen LogP contribution in [0.25, 0.3) is 0 Å². The van der Waals surface area contributed by atoms with Gasteiger partial charge in [0.25, 0.3) is 0 Å². The predicted molar refractivity (Wildman–Crippen MR) is 103 cm³/mol. The van der Waals surface area contributed by atoms with Crippen molar-refractivity contribution in [1.29, 1.82) is 0 Å². The molecule has 2 rings (SSSR count). The Bertz CT molecular complexity index is 734. The maximum absolute atomic E-state index is 12.3. The first kappa shape index (κ1) is 20.5. The van der Waals surface area contributed by atoms with E-state index in [1.54, 1.807) is 7.11 Å². The SMILES string of the molecule is COCc1ccccc1CNC(=O)NC(CCC(=O)O)Cc1ccccc1. The van der Waals surface area contributed by atoms with Crippen LogP contribution in [0.15, 0.2) is 54.6 Å². The third-order valence-corrected chi connectivity index (χ3v) is 4.22. The van der Waals surface area contributed by atoms with E-state index in [9.17, 15) is 9.59 Å². The van der Waals surface area contributed by atoms with Crippen molar-refractivity contribution in [2.45, 2.75) is 38.5 Å². The van der Waals surface area contributed by atoms with Gasteiger partial charge in [-0.25, -0.2) is 4.79 Å². The summed E-state index contributed by atoms with van der Waals surface area (Å²) in [6.07, 6.45) is 0.966. The number of ether oxygens (including phenoxy) is 1. The molecule has 27 heavy (non-hydrogen) atoms. The number of carbonyl (C=O) groups excluding carboxylic acids is 1. The molecule has 144 valence electrons. The van der Waals surface area contributed by atoms with Crippen LogP contribution in [0.1, 0.15) is 29.5 Å². The zero-order chi connectivity index (χ0) is 19.5. The molecule has 2 amide bonds. The summed E-state index contributed by atoms with van der Waals surface area (Å²) in [6.45, 7) is 0.858. The Balaban J connectivity index is 1.93. The molecule has 1 atom stereocenters. The number of urea groups is 1. The fourth-order valence-electron chi connectivity index (χ4n) is 2.86. The molecule has 0 bridgehead atoms. The number of rotatable bonds is 10. The molecule has 2 aromatic rings. The number of carboxylic acids is 1. The predicted octanol–water partition coefficient (Wildman–Crippen LogP) is 3.11. The Labute approximate surface area is 159 Å². The molecular weight excluding hydrogens is 344 g/mol. The van der Waals surface area contributed by atoms with Gasteiger partial charge in [0.05, 0.1) is 6.61 Å². The zero-order valence-corrected chi connectivity index (χ0v) is 15.5. The molecule has 0 heterocycles. The maximum Gasteiger partial charge on any atom is 0.315 e. The second kappa shape index (κ2) is 11.0. The van der Waals surface area contributed by atoms with Gasteiger partial charge in [0.2, 0.25) is 0 Å². The Morgan fingerprint density at radius 3 is 2.37 bits per heavy atom. The number of carbonyl (C=O) groups is 2. The minimum absolute atomic E-state index is 0.00839. The standard InChI is InChI=1S/C21H26N2O4/c1-27-15-18-10-6-5-9-17(18)14-22-21(26)23-19(11-12-20(24)25)13-16-7-3-2-4-8-16/h2-10,19H,11-15H2,1H3,(H,24,25)(H2,22,23,26). The molecule has 6 heteroatoms. The van der Waals surface area contributed by atoms with Crippen molar-refractivity contribution in [2.24, 2.45) is 0 Å². The van der Waals surface area contributed by atoms with E-state index in [0.717, 1.165) is 16.7 Å². The van der Waals surface area contributed by atoms with Gasteiger partial charge in [-0.05, 0) is 29.5 Å². The number of benzene rings is 2. The summed E-state index contributed by atoms with van der Waals surface area (Å²) in [5.74, 6) is -0.872. The number of amides is 2. The molecule has 0 saturated carbocycles. The van der Waals surface area contributed by atoms with Gasteiger partial charge in [0, 0.05) is 26.1 Å². The number of nitrogens with one attached hydrogen (secondary N) is 2. The normalized spacial score (nSPS) is 11.6. The monoisotopic (exact) mass is 370 g/mol. The summed E-state index contributed by atoms with van der Waals surface area (Å²) in [5, 5.41) is 14.7. The van der Waals surface area contributed by atoms with Crippen molar-refractivity contribution >= 4 is 12.0 Å². The van der Waals surface area contributed by atoms with E-state index in [4.69, 9.17) is 9.84 Å². The van der Waals surface area contributed by atoms with E-state index in [2.05, 4.69) is 10.6 Å². The molecule has 0 aliphatic heterocycles. The number of carboxylic acid groups (broad SMARTS) is 1. The molecule has 0 spiro atoms. The Morgan fingerprint density at radius 2 is 1.70 bits per heavy atom. The molecule has 0 fully saturated rings. The van der Waals surface area contributed by atoms with Gasteiger partial charge in [-0.15, -0.1) is 0 Å². The number of hydrogen-bond acceptors (Lipinski definition) is 3. The zero-order valence-electron chi connectivity index (χ0n) is 15.5. The van der Waals surface area contributed by atoms with Gasteiger partial charge in [-0.3, -0.25) is 4.79 Å². The van der Waals surface area contributed by atoms with Crippen molar-refractivity contribution in [1.82, 2.24) is 10.6 Å². The average molecular weight is 370 g/mol. The number of aliphatic carboxylic acids is 1. The molecule has 0 aliphatic rings. The third-order valence-electron chi connectivity index (χ3n) is 4.22. The van der Waals surface area contributed by atoms with Crippen LogP contribution in [-0.2, 0) is 29.1 Å². The van der Waals surface area contributed by atoms with E-state index >= 15 is 0 Å². The largest absolute Gasteiger partial charge is 0.481 e. The van der Waals surface area contributed by atoms with Crippen LogP contribution in [0.3, 0.4) is 0 Å². The minimum Gasteiger partial charge on any atom is -0.481 e. The summed E-state index contributed by atoms with van der Waals surface area (Å²) < 4.78 is 5.18. The summed E-state index contributed by atoms with van der Waals surface area (Å²) >= 11 is 0. The van der Waals surface area contributed by atoms with Crippen LogP contribution in [-0.4, -0.2) is 30.3 Å². The lowest BCUT2D eigenvalue weighted by atomic mass is 10.0. The highest BCUT2D eigenvalue weighted by molar-refractivity contribution is 5.74. The summed E-state index contributed by atoms with van der Waals surface area (Å²) in [4.78, 5) is 23.2. The molecule has 3 N–H and O–H groups in total. The lowest BCUT2D eigenvalue weighted by Gasteiger charge is -2.19. The lowest BCUT2D eigenvalue weighted by molar-refractivity contribution is -0.137. The fraction of sp³-hybridized carbons (Fsp3) is 0.333. The van der Waals surface area contributed by atoms with Crippen LogP contribution in [0.5, 0.6) is 0 Å². The Hall–Kier alpha value is -2.86. The van der Waals surface area contributed by atoms with Gasteiger partial charge >= 0.3 is 12.0 Å². The maximum atomic E-state index is 12.3. The van der Waals surface area contributed by atoms with Crippen molar-refractivity contribution in [3.63, 3.8) is 0 Å². The minimum atomic E-state index is -0.872. The van der Waals surface area contributed by atoms with Crippen LogP contribution >= 0.6 is 0 Å². The highest BCUT2D eigenvalue weighted by atomic mass is 16.5. The first-order valence-electron chi connectivity index (χ1n) is 8.94. The van der Waals surface area contributed by atoms with Crippen LogP contribution in [0.4, 0.5) is 4.79 Å². The highest BCUT2D eigenvalue weighted by Gasteiger charge is 2.15. The van der Waals surface area contributed by atoms with Crippen LogP contribution < -0.4 is 10.6 Å². The smallest absolute Gasteiger partial charge is 0.315 e.